The van der Waals surface area contributed by atoms with Crippen molar-refractivity contribution in [1.29, 1.82) is 0 Å². The molecule has 1 saturated carbocycles. The molecule has 1 atom stereocenters. The van der Waals surface area contributed by atoms with E-state index in [0.717, 1.165) is 18.4 Å². The van der Waals surface area contributed by atoms with Gasteiger partial charge in [0.1, 0.15) is 0 Å². The number of ether oxygens (including phenoxy) is 1. The average Bonchev–Trinajstić information content (AvgIpc) is 2.57. The number of rotatable bonds is 7. The van der Waals surface area contributed by atoms with Crippen LogP contribution in [0.4, 0.5) is 0 Å². The maximum Gasteiger partial charge on any atom is 0.220 e. The van der Waals surface area contributed by atoms with Crippen LogP contribution in [0.5, 0.6) is 0 Å². The maximum absolute atomic E-state index is 12.3. The second-order valence-corrected chi connectivity index (χ2v) is 6.38. The van der Waals surface area contributed by atoms with E-state index in [1.807, 2.05) is 30.3 Å². The van der Waals surface area contributed by atoms with Crippen LogP contribution in [0.3, 0.4) is 0 Å². The summed E-state index contributed by atoms with van der Waals surface area (Å²) >= 11 is 0. The van der Waals surface area contributed by atoms with Crippen LogP contribution in [0.15, 0.2) is 30.3 Å². The number of nitrogens with two attached hydrogens (primary N) is 1. The molecule has 0 heterocycles. The zero-order valence-electron chi connectivity index (χ0n) is 13.5. The molecule has 4 heteroatoms. The zero-order chi connectivity index (χ0) is 15.8. The van der Waals surface area contributed by atoms with Crippen molar-refractivity contribution >= 4 is 5.91 Å². The summed E-state index contributed by atoms with van der Waals surface area (Å²) in [6, 6.07) is 9.97. The van der Waals surface area contributed by atoms with Crippen LogP contribution >= 0.6 is 0 Å². The van der Waals surface area contributed by atoms with Crippen molar-refractivity contribution in [2.45, 2.75) is 44.6 Å². The summed E-state index contributed by atoms with van der Waals surface area (Å²) in [5, 5.41) is 3.02. The Balaban J connectivity index is 1.86. The Labute approximate surface area is 133 Å². The monoisotopic (exact) mass is 304 g/mol. The van der Waals surface area contributed by atoms with Gasteiger partial charge in [0.05, 0.1) is 6.10 Å². The molecule has 1 aromatic carbocycles. The van der Waals surface area contributed by atoms with Crippen LogP contribution in [0.2, 0.25) is 0 Å². The molecule has 1 aliphatic carbocycles. The van der Waals surface area contributed by atoms with E-state index in [0.29, 0.717) is 19.5 Å². The first kappa shape index (κ1) is 17.0. The SMILES string of the molecule is COC(CNC(=O)CC1(CN)CCCCC1)c1ccccc1. The Hall–Kier alpha value is -1.39. The number of hydrogen-bond acceptors (Lipinski definition) is 3. The molecule has 2 rings (SSSR count). The van der Waals surface area contributed by atoms with Crippen molar-refractivity contribution in [3.63, 3.8) is 0 Å². The number of carbonyl (C=O) groups excluding carboxylic acids is 1. The molecule has 3 N–H and O–H groups in total. The Morgan fingerprint density at radius 1 is 1.27 bits per heavy atom. The van der Waals surface area contributed by atoms with Gasteiger partial charge in [-0.25, -0.2) is 0 Å². The summed E-state index contributed by atoms with van der Waals surface area (Å²) in [6.07, 6.45) is 6.22. The molecule has 0 spiro atoms. The van der Waals surface area contributed by atoms with Crippen molar-refractivity contribution in [2.75, 3.05) is 20.2 Å². The lowest BCUT2D eigenvalue weighted by molar-refractivity contribution is -0.124. The quantitative estimate of drug-likeness (QED) is 0.814. The molecule has 1 unspecified atom stereocenters. The normalized spacial score (nSPS) is 18.6. The molecule has 1 aromatic rings. The molecule has 0 radical (unpaired) electrons. The number of amides is 1. The van der Waals surface area contributed by atoms with Crippen molar-refractivity contribution in [1.82, 2.24) is 5.32 Å². The number of nitrogens with one attached hydrogen (secondary N) is 1. The van der Waals surface area contributed by atoms with Crippen LogP contribution in [0, 0.1) is 5.41 Å². The summed E-state index contributed by atoms with van der Waals surface area (Å²) < 4.78 is 5.49. The average molecular weight is 304 g/mol. The van der Waals surface area contributed by atoms with E-state index in [2.05, 4.69) is 5.32 Å². The molecule has 0 bridgehead atoms. The van der Waals surface area contributed by atoms with Gasteiger partial charge in [-0.15, -0.1) is 0 Å². The Kier molecular flexibility index (Phi) is 6.40. The van der Waals surface area contributed by atoms with E-state index in [1.165, 1.54) is 19.3 Å². The predicted molar refractivity (Wildman–Crippen MR) is 88.4 cm³/mol. The van der Waals surface area contributed by atoms with Gasteiger partial charge < -0.3 is 15.8 Å². The minimum absolute atomic E-state index is 0.0116. The number of hydrogen-bond donors (Lipinski definition) is 2. The fraction of sp³-hybridized carbons (Fsp3) is 0.611. The molecule has 1 fully saturated rings. The van der Waals surface area contributed by atoms with E-state index < -0.39 is 0 Å². The van der Waals surface area contributed by atoms with Crippen LogP contribution in [0.25, 0.3) is 0 Å². The molecular formula is C18H28N2O2. The fourth-order valence-electron chi connectivity index (χ4n) is 3.37. The molecule has 22 heavy (non-hydrogen) atoms. The molecule has 0 saturated heterocycles. The number of methoxy groups -OCH3 is 1. The van der Waals surface area contributed by atoms with E-state index in [4.69, 9.17) is 10.5 Å². The van der Waals surface area contributed by atoms with E-state index in [-0.39, 0.29) is 17.4 Å². The van der Waals surface area contributed by atoms with E-state index in [1.54, 1.807) is 7.11 Å². The molecule has 4 nitrogen and oxygen atoms in total. The lowest BCUT2D eigenvalue weighted by Gasteiger charge is -2.35. The van der Waals surface area contributed by atoms with E-state index >= 15 is 0 Å². The maximum atomic E-state index is 12.3. The minimum atomic E-state index is -0.106. The largest absolute Gasteiger partial charge is 0.375 e. The van der Waals surface area contributed by atoms with Gasteiger partial charge in [0.2, 0.25) is 5.91 Å². The lowest BCUT2D eigenvalue weighted by Crippen LogP contribution is -2.39. The zero-order valence-corrected chi connectivity index (χ0v) is 13.5. The standard InChI is InChI=1S/C18H28N2O2/c1-22-16(15-8-4-2-5-9-15)13-20-17(21)12-18(14-19)10-6-3-7-11-18/h2,4-5,8-9,16H,3,6-7,10-14,19H2,1H3,(H,20,21). The fourth-order valence-corrected chi connectivity index (χ4v) is 3.37. The highest BCUT2D eigenvalue weighted by atomic mass is 16.5. The molecule has 1 aliphatic rings. The summed E-state index contributed by atoms with van der Waals surface area (Å²) in [4.78, 5) is 12.3. The van der Waals surface area contributed by atoms with Gasteiger partial charge in [0.25, 0.3) is 0 Å². The van der Waals surface area contributed by atoms with Gasteiger partial charge in [0.15, 0.2) is 0 Å². The second-order valence-electron chi connectivity index (χ2n) is 6.38. The summed E-state index contributed by atoms with van der Waals surface area (Å²) in [6.45, 7) is 1.10. The molecule has 122 valence electrons. The third kappa shape index (κ3) is 4.55. The van der Waals surface area contributed by atoms with Gasteiger partial charge in [-0.05, 0) is 30.4 Å². The minimum Gasteiger partial charge on any atom is -0.375 e. The first-order valence-corrected chi connectivity index (χ1v) is 8.24. The number of carbonyl (C=O) groups is 1. The van der Waals surface area contributed by atoms with Crippen LogP contribution in [-0.2, 0) is 9.53 Å². The van der Waals surface area contributed by atoms with Gasteiger partial charge in [0, 0.05) is 20.1 Å². The van der Waals surface area contributed by atoms with Gasteiger partial charge in [-0.3, -0.25) is 4.79 Å². The first-order chi connectivity index (χ1) is 10.7. The third-order valence-electron chi connectivity index (χ3n) is 4.82. The second kappa shape index (κ2) is 8.30. The van der Waals surface area contributed by atoms with Crippen molar-refractivity contribution < 1.29 is 9.53 Å². The first-order valence-electron chi connectivity index (χ1n) is 8.24. The van der Waals surface area contributed by atoms with Gasteiger partial charge in [-0.2, -0.15) is 0 Å². The third-order valence-corrected chi connectivity index (χ3v) is 4.82. The molecule has 0 aliphatic heterocycles. The molecular weight excluding hydrogens is 276 g/mol. The van der Waals surface area contributed by atoms with Gasteiger partial charge >= 0.3 is 0 Å². The Morgan fingerprint density at radius 3 is 2.55 bits per heavy atom. The highest BCUT2D eigenvalue weighted by molar-refractivity contribution is 5.76. The summed E-state index contributed by atoms with van der Waals surface area (Å²) in [5.74, 6) is 0.0883. The van der Waals surface area contributed by atoms with Crippen LogP contribution < -0.4 is 11.1 Å². The Bertz CT molecular complexity index is 455. The van der Waals surface area contributed by atoms with Gasteiger partial charge in [-0.1, -0.05) is 49.6 Å². The predicted octanol–water partition coefficient (Wildman–Crippen LogP) is 2.79. The molecule has 1 amide bonds. The van der Waals surface area contributed by atoms with Crippen molar-refractivity contribution in [3.05, 3.63) is 35.9 Å². The highest BCUT2D eigenvalue weighted by Crippen LogP contribution is 2.38. The summed E-state index contributed by atoms with van der Waals surface area (Å²) in [5.41, 5.74) is 7.05. The smallest absolute Gasteiger partial charge is 0.220 e. The van der Waals surface area contributed by atoms with Crippen LogP contribution in [-0.4, -0.2) is 26.1 Å². The topological polar surface area (TPSA) is 64.3 Å². The van der Waals surface area contributed by atoms with Crippen molar-refractivity contribution in [3.8, 4) is 0 Å². The van der Waals surface area contributed by atoms with Crippen LogP contribution in [0.1, 0.15) is 50.2 Å². The molecule has 0 aromatic heterocycles. The Morgan fingerprint density at radius 2 is 1.95 bits per heavy atom. The number of benzene rings is 1. The van der Waals surface area contributed by atoms with Crippen molar-refractivity contribution in [2.24, 2.45) is 11.1 Å². The summed E-state index contributed by atoms with van der Waals surface area (Å²) in [7, 11) is 1.67. The lowest BCUT2D eigenvalue weighted by atomic mass is 9.71. The van der Waals surface area contributed by atoms with E-state index in [9.17, 15) is 4.79 Å². The highest BCUT2D eigenvalue weighted by Gasteiger charge is 2.33.